The maximum Gasteiger partial charge on any atom is 0.376 e. The van der Waals surface area contributed by atoms with Crippen molar-refractivity contribution in [2.24, 2.45) is 0 Å². The number of nitrogens with zero attached hydrogens (tertiary/aromatic N) is 2. The molecule has 2 bridgehead atoms. The van der Waals surface area contributed by atoms with E-state index in [4.69, 9.17) is 9.47 Å². The minimum Gasteiger partial charge on any atom is -0.493 e. The molecule has 2 heterocycles. The Morgan fingerprint density at radius 1 is 1.10 bits per heavy atom. The van der Waals surface area contributed by atoms with Crippen molar-refractivity contribution in [2.75, 3.05) is 26.4 Å². The van der Waals surface area contributed by atoms with Crippen LogP contribution >= 0.6 is 0 Å². The Bertz CT molecular complexity index is 1240. The summed E-state index contributed by atoms with van der Waals surface area (Å²) in [6.45, 7) is 4.79. The van der Waals surface area contributed by atoms with Crippen molar-refractivity contribution in [3.8, 4) is 5.75 Å². The first-order valence-corrected chi connectivity index (χ1v) is 14.7. The fraction of sp³-hybridized carbons (Fsp3) is 0.516. The van der Waals surface area contributed by atoms with Gasteiger partial charge in [0.05, 0.1) is 43.6 Å². The van der Waals surface area contributed by atoms with Gasteiger partial charge < -0.3 is 29.3 Å². The van der Waals surface area contributed by atoms with Gasteiger partial charge in [-0.25, -0.2) is 0 Å². The minimum absolute atomic E-state index is 0.0940. The second-order valence-corrected chi connectivity index (χ2v) is 11.4. The number of Topliss-reactive ketones (excluding diaryl/α,β-unsaturated/α-hetero) is 2. The van der Waals surface area contributed by atoms with Crippen LogP contribution in [0.2, 0.25) is 6.82 Å². The summed E-state index contributed by atoms with van der Waals surface area (Å²) in [6.07, 6.45) is 1.76. The van der Waals surface area contributed by atoms with E-state index in [1.165, 1.54) is 11.1 Å². The van der Waals surface area contributed by atoms with Crippen LogP contribution in [0.4, 0.5) is 0 Å². The highest BCUT2D eigenvalue weighted by molar-refractivity contribution is 6.45. The molecule has 2 aliphatic heterocycles. The largest absolute Gasteiger partial charge is 0.493 e. The lowest BCUT2D eigenvalue weighted by Crippen LogP contribution is -2.59. The fourth-order valence-electron chi connectivity index (χ4n) is 6.51. The molecule has 2 saturated heterocycles. The third-order valence-corrected chi connectivity index (χ3v) is 8.50. The summed E-state index contributed by atoms with van der Waals surface area (Å²) in [6, 6.07) is 12.6. The molecule has 10 heteroatoms. The standard InChI is InChI=1S/C31H39BN2O7/c1-3-41-30-14-22(31(38)34-24-15-27(36)16-25(34)19-40-18-24)8-10-28(30)29(37)11-9-26(35)17-33(32(2)39)23-12-20-6-4-5-7-21(20)13-23/h4-8,10,14,23-26,35,39H,3,9,11-13,15-19H2,1-2H3/t24?,25?,26-/m1/s1. The molecule has 2 aromatic rings. The Morgan fingerprint density at radius 3 is 2.37 bits per heavy atom. The van der Waals surface area contributed by atoms with E-state index < -0.39 is 13.2 Å². The molecule has 0 aromatic heterocycles. The molecule has 3 aliphatic rings. The Kier molecular flexibility index (Phi) is 9.23. The molecule has 3 atom stereocenters. The summed E-state index contributed by atoms with van der Waals surface area (Å²) < 4.78 is 11.4. The number of ether oxygens (including phenoxy) is 2. The van der Waals surface area contributed by atoms with Gasteiger partial charge in [0, 0.05) is 37.4 Å². The van der Waals surface area contributed by atoms with E-state index in [1.807, 2.05) is 23.9 Å². The number of fused-ring (bicyclic) bond motifs is 3. The number of ketones is 2. The monoisotopic (exact) mass is 562 g/mol. The third kappa shape index (κ3) is 6.56. The molecular weight excluding hydrogens is 523 g/mol. The molecule has 218 valence electrons. The lowest BCUT2D eigenvalue weighted by Gasteiger charge is -2.45. The van der Waals surface area contributed by atoms with E-state index >= 15 is 0 Å². The van der Waals surface area contributed by atoms with E-state index in [9.17, 15) is 24.5 Å². The maximum absolute atomic E-state index is 13.5. The number of morpholine rings is 1. The number of carbonyl (C=O) groups is 3. The van der Waals surface area contributed by atoms with Gasteiger partial charge in [0.1, 0.15) is 11.5 Å². The predicted molar refractivity (Wildman–Crippen MR) is 154 cm³/mol. The molecule has 5 rings (SSSR count). The molecule has 41 heavy (non-hydrogen) atoms. The van der Waals surface area contributed by atoms with Gasteiger partial charge in [0.2, 0.25) is 0 Å². The first-order chi connectivity index (χ1) is 19.7. The Hall–Kier alpha value is -3.05. The smallest absolute Gasteiger partial charge is 0.376 e. The molecule has 2 N–H and O–H groups in total. The number of hydrogen-bond acceptors (Lipinski definition) is 8. The fourth-order valence-corrected chi connectivity index (χ4v) is 6.51. The predicted octanol–water partition coefficient (Wildman–Crippen LogP) is 2.56. The molecule has 0 saturated carbocycles. The van der Waals surface area contributed by atoms with Crippen molar-refractivity contribution < 1.29 is 34.0 Å². The van der Waals surface area contributed by atoms with Crippen molar-refractivity contribution in [2.45, 2.75) is 76.5 Å². The normalized spacial score (nSPS) is 21.1. The number of aliphatic hydroxyl groups is 1. The van der Waals surface area contributed by atoms with Crippen molar-refractivity contribution in [1.82, 2.24) is 9.71 Å². The summed E-state index contributed by atoms with van der Waals surface area (Å²) in [5.74, 6) is 0.104. The zero-order chi connectivity index (χ0) is 29.1. The van der Waals surface area contributed by atoms with Gasteiger partial charge in [-0.1, -0.05) is 24.3 Å². The van der Waals surface area contributed by atoms with E-state index in [0.29, 0.717) is 49.5 Å². The molecule has 2 fully saturated rings. The lowest BCUT2D eigenvalue weighted by molar-refractivity contribution is -0.131. The second kappa shape index (κ2) is 12.9. The van der Waals surface area contributed by atoms with E-state index in [-0.39, 0.29) is 55.0 Å². The molecule has 2 unspecified atom stereocenters. The molecule has 1 amide bonds. The van der Waals surface area contributed by atoms with Crippen LogP contribution in [0, 0.1) is 0 Å². The Labute approximate surface area is 241 Å². The molecule has 0 spiro atoms. The van der Waals surface area contributed by atoms with Crippen LogP contribution in [0.1, 0.15) is 64.4 Å². The first-order valence-electron chi connectivity index (χ1n) is 14.7. The van der Waals surface area contributed by atoms with Crippen molar-refractivity contribution in [3.05, 3.63) is 64.7 Å². The van der Waals surface area contributed by atoms with Gasteiger partial charge >= 0.3 is 7.05 Å². The second-order valence-electron chi connectivity index (χ2n) is 11.4. The van der Waals surface area contributed by atoms with Gasteiger partial charge in [-0.15, -0.1) is 0 Å². The third-order valence-electron chi connectivity index (χ3n) is 8.50. The van der Waals surface area contributed by atoms with Crippen LogP contribution < -0.4 is 4.74 Å². The maximum atomic E-state index is 13.5. The Morgan fingerprint density at radius 2 is 1.76 bits per heavy atom. The number of rotatable bonds is 11. The SMILES string of the molecule is CCOc1cc(C(=O)N2C3COCC2CC(=O)C3)ccc1C(=O)CC[C@@H](O)CN(B(C)O)C1Cc2ccccc2C1. The summed E-state index contributed by atoms with van der Waals surface area (Å²) in [4.78, 5) is 42.5. The molecule has 1 aliphatic carbocycles. The summed E-state index contributed by atoms with van der Waals surface area (Å²) in [5.41, 5.74) is 3.31. The van der Waals surface area contributed by atoms with Crippen LogP contribution in [-0.4, -0.2) is 95.0 Å². The number of aliphatic hydroxyl groups excluding tert-OH is 1. The summed E-state index contributed by atoms with van der Waals surface area (Å²) in [7, 11) is -0.724. The van der Waals surface area contributed by atoms with Crippen LogP contribution in [0.5, 0.6) is 5.75 Å². The van der Waals surface area contributed by atoms with Gasteiger partial charge in [-0.05, 0) is 62.3 Å². The van der Waals surface area contributed by atoms with Gasteiger partial charge in [-0.3, -0.25) is 14.4 Å². The van der Waals surface area contributed by atoms with Crippen molar-refractivity contribution in [3.63, 3.8) is 0 Å². The number of benzene rings is 2. The zero-order valence-corrected chi connectivity index (χ0v) is 23.8. The van der Waals surface area contributed by atoms with Crippen LogP contribution in [0.15, 0.2) is 42.5 Å². The topological polar surface area (TPSA) is 117 Å². The van der Waals surface area contributed by atoms with E-state index in [1.54, 1.807) is 29.9 Å². The highest BCUT2D eigenvalue weighted by Crippen LogP contribution is 2.30. The number of amides is 1. The lowest BCUT2D eigenvalue weighted by atomic mass is 9.81. The summed E-state index contributed by atoms with van der Waals surface area (Å²) in [5, 5.41) is 21.3. The van der Waals surface area contributed by atoms with Gasteiger partial charge in [0.15, 0.2) is 5.78 Å². The van der Waals surface area contributed by atoms with Crippen molar-refractivity contribution >= 4 is 24.5 Å². The van der Waals surface area contributed by atoms with E-state index in [2.05, 4.69) is 12.1 Å². The van der Waals surface area contributed by atoms with Gasteiger partial charge in [-0.2, -0.15) is 0 Å². The average Bonchev–Trinajstić information content (AvgIpc) is 3.37. The van der Waals surface area contributed by atoms with Crippen LogP contribution in [0.25, 0.3) is 0 Å². The number of carbonyl (C=O) groups excluding carboxylic acids is 3. The highest BCUT2D eigenvalue weighted by Gasteiger charge is 2.41. The molecular formula is C31H39BN2O7. The summed E-state index contributed by atoms with van der Waals surface area (Å²) >= 11 is 0. The highest BCUT2D eigenvalue weighted by atomic mass is 16.5. The number of piperidine rings is 1. The van der Waals surface area contributed by atoms with Crippen LogP contribution in [-0.2, 0) is 22.4 Å². The zero-order valence-electron chi connectivity index (χ0n) is 23.8. The Balaban J connectivity index is 1.22. The average molecular weight is 562 g/mol. The molecule has 2 aromatic carbocycles. The minimum atomic E-state index is -0.794. The van der Waals surface area contributed by atoms with E-state index in [0.717, 1.165) is 12.8 Å². The van der Waals surface area contributed by atoms with Crippen molar-refractivity contribution in [1.29, 1.82) is 0 Å². The van der Waals surface area contributed by atoms with Crippen LogP contribution in [0.3, 0.4) is 0 Å². The number of hydrogen-bond donors (Lipinski definition) is 2. The first kappa shape index (κ1) is 29.4. The van der Waals surface area contributed by atoms with Gasteiger partial charge in [0.25, 0.3) is 5.91 Å². The molecule has 0 radical (unpaired) electrons. The molecule has 9 nitrogen and oxygen atoms in total. The quantitative estimate of drug-likeness (QED) is 0.317.